The minimum atomic E-state index is -0.143. The SMILES string of the molecule is CCOC(=O)CC(C)CC(N)c1cc(C)c(Br)cc1C. The zero-order valence-corrected chi connectivity index (χ0v) is 14.3. The van der Waals surface area contributed by atoms with Crippen LogP contribution in [-0.4, -0.2) is 12.6 Å². The first-order valence-electron chi connectivity index (χ1n) is 7.03. The van der Waals surface area contributed by atoms with Crippen molar-refractivity contribution < 1.29 is 9.53 Å². The number of ether oxygens (including phenoxy) is 1. The Morgan fingerprint density at radius 3 is 2.60 bits per heavy atom. The summed E-state index contributed by atoms with van der Waals surface area (Å²) in [7, 11) is 0. The summed E-state index contributed by atoms with van der Waals surface area (Å²) in [5.41, 5.74) is 9.81. The second-order valence-electron chi connectivity index (χ2n) is 5.41. The van der Waals surface area contributed by atoms with Crippen LogP contribution in [0.5, 0.6) is 0 Å². The molecule has 4 heteroatoms. The molecule has 0 fully saturated rings. The van der Waals surface area contributed by atoms with Gasteiger partial charge in [0, 0.05) is 16.9 Å². The predicted molar refractivity (Wildman–Crippen MR) is 85.6 cm³/mol. The van der Waals surface area contributed by atoms with Gasteiger partial charge in [0.1, 0.15) is 0 Å². The summed E-state index contributed by atoms with van der Waals surface area (Å²) >= 11 is 3.53. The summed E-state index contributed by atoms with van der Waals surface area (Å²) in [4.78, 5) is 11.5. The van der Waals surface area contributed by atoms with Crippen LogP contribution in [0.2, 0.25) is 0 Å². The van der Waals surface area contributed by atoms with Gasteiger partial charge in [-0.2, -0.15) is 0 Å². The molecule has 0 saturated heterocycles. The van der Waals surface area contributed by atoms with E-state index in [1.54, 1.807) is 0 Å². The largest absolute Gasteiger partial charge is 0.466 e. The third kappa shape index (κ3) is 4.91. The molecule has 112 valence electrons. The van der Waals surface area contributed by atoms with Gasteiger partial charge in [0.15, 0.2) is 0 Å². The molecule has 1 aromatic carbocycles. The van der Waals surface area contributed by atoms with Gasteiger partial charge in [-0.05, 0) is 55.9 Å². The molecule has 0 heterocycles. The molecule has 0 amide bonds. The summed E-state index contributed by atoms with van der Waals surface area (Å²) in [5, 5.41) is 0. The molecule has 0 saturated carbocycles. The van der Waals surface area contributed by atoms with Crippen LogP contribution in [0.25, 0.3) is 0 Å². The average Bonchev–Trinajstić information content (AvgIpc) is 2.33. The zero-order valence-electron chi connectivity index (χ0n) is 12.7. The lowest BCUT2D eigenvalue weighted by atomic mass is 9.91. The Morgan fingerprint density at radius 2 is 2.00 bits per heavy atom. The van der Waals surface area contributed by atoms with Crippen LogP contribution in [0.4, 0.5) is 0 Å². The summed E-state index contributed by atoms with van der Waals surface area (Å²) < 4.78 is 6.07. The summed E-state index contributed by atoms with van der Waals surface area (Å²) in [5.74, 6) is 0.0725. The lowest BCUT2D eigenvalue weighted by molar-refractivity contribution is -0.144. The van der Waals surface area contributed by atoms with Crippen molar-refractivity contribution in [2.24, 2.45) is 11.7 Å². The van der Waals surface area contributed by atoms with Gasteiger partial charge in [-0.15, -0.1) is 0 Å². The highest BCUT2D eigenvalue weighted by Gasteiger charge is 2.17. The highest BCUT2D eigenvalue weighted by molar-refractivity contribution is 9.10. The molecule has 0 aliphatic heterocycles. The van der Waals surface area contributed by atoms with Crippen LogP contribution in [-0.2, 0) is 9.53 Å². The number of esters is 1. The van der Waals surface area contributed by atoms with Crippen molar-refractivity contribution in [3.8, 4) is 0 Å². The minimum absolute atomic E-state index is 0.0498. The summed E-state index contributed by atoms with van der Waals surface area (Å²) in [6.07, 6.45) is 1.21. The van der Waals surface area contributed by atoms with Gasteiger partial charge < -0.3 is 10.5 Å². The van der Waals surface area contributed by atoms with Crippen molar-refractivity contribution in [2.45, 2.75) is 46.6 Å². The number of carbonyl (C=O) groups excluding carboxylic acids is 1. The van der Waals surface area contributed by atoms with E-state index < -0.39 is 0 Å². The average molecular weight is 342 g/mol. The van der Waals surface area contributed by atoms with Gasteiger partial charge in [0.2, 0.25) is 0 Å². The highest BCUT2D eigenvalue weighted by atomic mass is 79.9. The molecule has 0 aliphatic carbocycles. The van der Waals surface area contributed by atoms with E-state index in [1.807, 2.05) is 13.8 Å². The monoisotopic (exact) mass is 341 g/mol. The van der Waals surface area contributed by atoms with E-state index >= 15 is 0 Å². The fourth-order valence-corrected chi connectivity index (χ4v) is 2.81. The van der Waals surface area contributed by atoms with E-state index in [2.05, 4.69) is 41.9 Å². The van der Waals surface area contributed by atoms with E-state index in [0.717, 1.165) is 16.5 Å². The van der Waals surface area contributed by atoms with E-state index in [9.17, 15) is 4.79 Å². The molecular formula is C16H24BrNO2. The number of nitrogens with two attached hydrogens (primary N) is 1. The van der Waals surface area contributed by atoms with Crippen LogP contribution < -0.4 is 5.73 Å². The van der Waals surface area contributed by atoms with Crippen molar-refractivity contribution in [1.29, 1.82) is 0 Å². The molecular weight excluding hydrogens is 318 g/mol. The van der Waals surface area contributed by atoms with E-state index in [4.69, 9.17) is 10.5 Å². The number of halogens is 1. The van der Waals surface area contributed by atoms with Crippen molar-refractivity contribution >= 4 is 21.9 Å². The molecule has 0 bridgehead atoms. The van der Waals surface area contributed by atoms with E-state index in [-0.39, 0.29) is 17.9 Å². The summed E-state index contributed by atoms with van der Waals surface area (Å²) in [6, 6.07) is 4.17. The molecule has 20 heavy (non-hydrogen) atoms. The second kappa shape index (κ2) is 7.79. The molecule has 2 atom stereocenters. The number of hydrogen-bond donors (Lipinski definition) is 1. The maximum atomic E-state index is 11.5. The van der Waals surface area contributed by atoms with Crippen LogP contribution in [0.1, 0.15) is 49.4 Å². The fraction of sp³-hybridized carbons (Fsp3) is 0.562. The van der Waals surface area contributed by atoms with Crippen molar-refractivity contribution in [3.05, 3.63) is 33.3 Å². The molecule has 0 spiro atoms. The van der Waals surface area contributed by atoms with Crippen molar-refractivity contribution in [3.63, 3.8) is 0 Å². The standard InChI is InChI=1S/C16H24BrNO2/c1-5-20-16(19)7-10(2)6-15(18)13-8-12(4)14(17)9-11(13)3/h8-10,15H,5-7,18H2,1-4H3. The van der Waals surface area contributed by atoms with Gasteiger partial charge >= 0.3 is 5.97 Å². The Bertz CT molecular complexity index is 474. The third-order valence-electron chi connectivity index (χ3n) is 3.42. The van der Waals surface area contributed by atoms with Gasteiger partial charge in [-0.25, -0.2) is 0 Å². The first kappa shape index (κ1) is 17.2. The molecule has 3 nitrogen and oxygen atoms in total. The van der Waals surface area contributed by atoms with Gasteiger partial charge in [0.25, 0.3) is 0 Å². The third-order valence-corrected chi connectivity index (χ3v) is 4.28. The minimum Gasteiger partial charge on any atom is -0.466 e. The highest BCUT2D eigenvalue weighted by Crippen LogP contribution is 2.28. The lowest BCUT2D eigenvalue weighted by Gasteiger charge is -2.20. The molecule has 1 aromatic rings. The van der Waals surface area contributed by atoms with Crippen molar-refractivity contribution in [1.82, 2.24) is 0 Å². The molecule has 1 rings (SSSR count). The number of hydrogen-bond acceptors (Lipinski definition) is 3. The Hall–Kier alpha value is -0.870. The van der Waals surface area contributed by atoms with Gasteiger partial charge in [0.05, 0.1) is 6.61 Å². The zero-order chi connectivity index (χ0) is 15.3. The lowest BCUT2D eigenvalue weighted by Crippen LogP contribution is -2.18. The molecule has 2 unspecified atom stereocenters. The number of benzene rings is 1. The second-order valence-corrected chi connectivity index (χ2v) is 6.27. The Balaban J connectivity index is 2.69. The first-order chi connectivity index (χ1) is 9.35. The number of carbonyl (C=O) groups is 1. The topological polar surface area (TPSA) is 52.3 Å². The molecule has 0 radical (unpaired) electrons. The van der Waals surface area contributed by atoms with Crippen LogP contribution >= 0.6 is 15.9 Å². The quantitative estimate of drug-likeness (QED) is 0.794. The van der Waals surface area contributed by atoms with Crippen LogP contribution in [0.3, 0.4) is 0 Å². The van der Waals surface area contributed by atoms with Gasteiger partial charge in [-0.3, -0.25) is 4.79 Å². The Labute approximate surface area is 130 Å². The Morgan fingerprint density at radius 1 is 1.35 bits per heavy atom. The maximum absolute atomic E-state index is 11.5. The first-order valence-corrected chi connectivity index (χ1v) is 7.82. The van der Waals surface area contributed by atoms with Gasteiger partial charge in [-0.1, -0.05) is 28.9 Å². The predicted octanol–water partition coefficient (Wildman–Crippen LogP) is 4.05. The fourth-order valence-electron chi connectivity index (χ4n) is 2.35. The smallest absolute Gasteiger partial charge is 0.306 e. The number of rotatable bonds is 6. The molecule has 2 N–H and O–H groups in total. The van der Waals surface area contributed by atoms with E-state index in [1.165, 1.54) is 11.1 Å². The van der Waals surface area contributed by atoms with E-state index in [0.29, 0.717) is 13.0 Å². The summed E-state index contributed by atoms with van der Waals surface area (Å²) in [6.45, 7) is 8.42. The van der Waals surface area contributed by atoms with Crippen molar-refractivity contribution in [2.75, 3.05) is 6.61 Å². The maximum Gasteiger partial charge on any atom is 0.306 e. The Kier molecular flexibility index (Phi) is 6.69. The van der Waals surface area contributed by atoms with Crippen LogP contribution in [0, 0.1) is 19.8 Å². The molecule has 0 aliphatic rings. The normalized spacial score (nSPS) is 13.9. The molecule has 0 aromatic heterocycles. The van der Waals surface area contributed by atoms with Crippen LogP contribution in [0.15, 0.2) is 16.6 Å². The number of aryl methyl sites for hydroxylation is 2.